The Bertz CT molecular complexity index is 709. The number of hydrogen-bond acceptors (Lipinski definition) is 4. The van der Waals surface area contributed by atoms with Crippen LogP contribution in [-0.2, 0) is 6.42 Å². The highest BCUT2D eigenvalue weighted by molar-refractivity contribution is 14.0. The van der Waals surface area contributed by atoms with Crippen molar-refractivity contribution < 1.29 is 4.74 Å². The highest BCUT2D eigenvalue weighted by Crippen LogP contribution is 2.28. The summed E-state index contributed by atoms with van der Waals surface area (Å²) < 4.78 is 5.53. The Morgan fingerprint density at radius 1 is 1.14 bits per heavy atom. The van der Waals surface area contributed by atoms with Gasteiger partial charge < -0.3 is 20.3 Å². The largest absolute Gasteiger partial charge is 0.496 e. The summed E-state index contributed by atoms with van der Waals surface area (Å²) in [6, 6.07) is 14.2. The molecule has 1 heterocycles. The number of halogens is 1. The lowest BCUT2D eigenvalue weighted by atomic mass is 10.0. The van der Waals surface area contributed by atoms with E-state index >= 15 is 0 Å². The number of hydrogen-bond donors (Lipinski definition) is 2. The Morgan fingerprint density at radius 3 is 2.54 bits per heavy atom. The van der Waals surface area contributed by atoms with Crippen LogP contribution < -0.4 is 15.4 Å². The molecule has 6 nitrogen and oxygen atoms in total. The second-order valence-corrected chi connectivity index (χ2v) is 6.44. The molecule has 154 valence electrons. The lowest BCUT2D eigenvalue weighted by Crippen LogP contribution is -2.39. The van der Waals surface area contributed by atoms with E-state index < -0.39 is 0 Å². The molecule has 1 unspecified atom stereocenters. The van der Waals surface area contributed by atoms with Crippen LogP contribution in [0.3, 0.4) is 0 Å². The maximum atomic E-state index is 5.53. The Hall–Kier alpha value is -1.87. The summed E-state index contributed by atoms with van der Waals surface area (Å²) in [4.78, 5) is 11.3. The van der Waals surface area contributed by atoms with Crippen molar-refractivity contribution in [3.63, 3.8) is 0 Å². The number of methoxy groups -OCH3 is 1. The Labute approximate surface area is 185 Å². The standard InChI is InChI=1S/C21H31N5O.HI/c1-5-22-21(24-15-13-17-10-8-9-14-23-17)25-16-19(26(2)3)18-11-6-7-12-20(18)27-4;/h6-12,14,19H,5,13,15-16H2,1-4H3,(H2,22,24,25);1H. The molecule has 2 N–H and O–H groups in total. The number of nitrogens with one attached hydrogen (secondary N) is 2. The van der Waals surface area contributed by atoms with Gasteiger partial charge in [-0.2, -0.15) is 0 Å². The molecule has 7 heteroatoms. The Balaban J connectivity index is 0.00000392. The van der Waals surface area contributed by atoms with Crippen LogP contribution in [0.4, 0.5) is 0 Å². The summed E-state index contributed by atoms with van der Waals surface area (Å²) in [6.45, 7) is 4.30. The molecule has 0 saturated heterocycles. The smallest absolute Gasteiger partial charge is 0.191 e. The second-order valence-electron chi connectivity index (χ2n) is 6.44. The fourth-order valence-corrected chi connectivity index (χ4v) is 2.86. The molecule has 1 aromatic carbocycles. The number of ether oxygens (including phenoxy) is 1. The zero-order chi connectivity index (χ0) is 19.5. The molecule has 28 heavy (non-hydrogen) atoms. The van der Waals surface area contributed by atoms with E-state index in [9.17, 15) is 0 Å². The van der Waals surface area contributed by atoms with Crippen LogP contribution in [0.1, 0.15) is 24.2 Å². The van der Waals surface area contributed by atoms with E-state index in [0.29, 0.717) is 6.54 Å². The van der Waals surface area contributed by atoms with Gasteiger partial charge in [-0.3, -0.25) is 9.98 Å². The fourth-order valence-electron chi connectivity index (χ4n) is 2.86. The van der Waals surface area contributed by atoms with Crippen LogP contribution in [0.15, 0.2) is 53.7 Å². The molecule has 0 bridgehead atoms. The number of nitrogens with zero attached hydrogens (tertiary/aromatic N) is 3. The van der Waals surface area contributed by atoms with Crippen molar-refractivity contribution in [2.45, 2.75) is 19.4 Å². The van der Waals surface area contributed by atoms with Gasteiger partial charge in [-0.05, 0) is 39.2 Å². The summed E-state index contributed by atoms with van der Waals surface area (Å²) in [5.74, 6) is 1.70. The van der Waals surface area contributed by atoms with Gasteiger partial charge in [0.2, 0.25) is 0 Å². The lowest BCUT2D eigenvalue weighted by Gasteiger charge is -2.25. The summed E-state index contributed by atoms with van der Waals surface area (Å²) in [7, 11) is 5.83. The van der Waals surface area contributed by atoms with Crippen LogP contribution in [0.2, 0.25) is 0 Å². The maximum absolute atomic E-state index is 5.53. The minimum absolute atomic E-state index is 0. The average molecular weight is 497 g/mol. The first-order valence-electron chi connectivity index (χ1n) is 9.37. The second kappa shape index (κ2) is 13.3. The van der Waals surface area contributed by atoms with E-state index in [-0.39, 0.29) is 30.0 Å². The SMILES string of the molecule is CCNC(=NCC(c1ccccc1OC)N(C)C)NCCc1ccccn1.I. The van der Waals surface area contributed by atoms with Gasteiger partial charge >= 0.3 is 0 Å². The first-order valence-corrected chi connectivity index (χ1v) is 9.37. The monoisotopic (exact) mass is 497 g/mol. The molecule has 0 aliphatic rings. The number of benzene rings is 1. The van der Waals surface area contributed by atoms with Gasteiger partial charge in [-0.1, -0.05) is 24.3 Å². The van der Waals surface area contributed by atoms with E-state index in [0.717, 1.165) is 42.5 Å². The molecule has 0 radical (unpaired) electrons. The Morgan fingerprint density at radius 2 is 1.89 bits per heavy atom. The van der Waals surface area contributed by atoms with E-state index in [1.54, 1.807) is 7.11 Å². The third kappa shape index (κ3) is 7.63. The van der Waals surface area contributed by atoms with Crippen molar-refractivity contribution in [3.8, 4) is 5.75 Å². The normalized spacial score (nSPS) is 12.2. The number of aromatic nitrogens is 1. The van der Waals surface area contributed by atoms with Crippen molar-refractivity contribution >= 4 is 29.9 Å². The quantitative estimate of drug-likeness (QED) is 0.317. The van der Waals surface area contributed by atoms with E-state index in [1.807, 2.05) is 42.6 Å². The molecular weight excluding hydrogens is 465 g/mol. The van der Waals surface area contributed by atoms with Crippen molar-refractivity contribution in [1.82, 2.24) is 20.5 Å². The molecule has 2 aromatic rings. The average Bonchev–Trinajstić information content (AvgIpc) is 2.69. The summed E-state index contributed by atoms with van der Waals surface area (Å²) in [5.41, 5.74) is 2.21. The van der Waals surface area contributed by atoms with Crippen LogP contribution in [0, 0.1) is 0 Å². The Kier molecular flexibility index (Phi) is 11.5. The number of rotatable bonds is 9. The molecule has 0 aliphatic carbocycles. The first-order chi connectivity index (χ1) is 13.2. The lowest BCUT2D eigenvalue weighted by molar-refractivity contribution is 0.295. The molecule has 0 amide bonds. The molecule has 0 aliphatic heterocycles. The van der Waals surface area contributed by atoms with Crippen LogP contribution in [0.5, 0.6) is 5.75 Å². The van der Waals surface area contributed by atoms with Gasteiger partial charge in [0.1, 0.15) is 5.75 Å². The third-order valence-electron chi connectivity index (χ3n) is 4.29. The number of guanidine groups is 1. The fraction of sp³-hybridized carbons (Fsp3) is 0.429. The summed E-state index contributed by atoms with van der Waals surface area (Å²) in [5, 5.41) is 6.70. The van der Waals surface area contributed by atoms with Gasteiger partial charge in [0.05, 0.1) is 19.7 Å². The van der Waals surface area contributed by atoms with Crippen molar-refractivity contribution in [3.05, 3.63) is 59.9 Å². The molecule has 1 atom stereocenters. The van der Waals surface area contributed by atoms with Crippen molar-refractivity contribution in [1.29, 1.82) is 0 Å². The highest BCUT2D eigenvalue weighted by atomic mass is 127. The number of aliphatic imine (C=N–C) groups is 1. The van der Waals surface area contributed by atoms with Gasteiger partial charge in [0.25, 0.3) is 0 Å². The molecular formula is C21H32IN5O. The van der Waals surface area contributed by atoms with E-state index in [4.69, 9.17) is 9.73 Å². The zero-order valence-corrected chi connectivity index (χ0v) is 19.5. The van der Waals surface area contributed by atoms with Gasteiger partial charge in [0.15, 0.2) is 5.96 Å². The van der Waals surface area contributed by atoms with Crippen molar-refractivity contribution in [2.75, 3.05) is 40.8 Å². The predicted molar refractivity (Wildman–Crippen MR) is 127 cm³/mol. The van der Waals surface area contributed by atoms with E-state index in [2.05, 4.69) is 47.6 Å². The van der Waals surface area contributed by atoms with Gasteiger partial charge in [0, 0.05) is 37.0 Å². The molecule has 0 fully saturated rings. The summed E-state index contributed by atoms with van der Waals surface area (Å²) in [6.07, 6.45) is 2.68. The van der Waals surface area contributed by atoms with Crippen molar-refractivity contribution in [2.24, 2.45) is 4.99 Å². The topological polar surface area (TPSA) is 61.8 Å². The molecule has 0 spiro atoms. The minimum Gasteiger partial charge on any atom is -0.496 e. The van der Waals surface area contributed by atoms with Gasteiger partial charge in [-0.15, -0.1) is 24.0 Å². The molecule has 1 aromatic heterocycles. The van der Waals surface area contributed by atoms with Crippen LogP contribution in [0.25, 0.3) is 0 Å². The minimum atomic E-state index is 0. The maximum Gasteiger partial charge on any atom is 0.191 e. The van der Waals surface area contributed by atoms with Gasteiger partial charge in [-0.25, -0.2) is 0 Å². The number of pyridine rings is 1. The van der Waals surface area contributed by atoms with E-state index in [1.165, 1.54) is 0 Å². The number of para-hydroxylation sites is 1. The highest BCUT2D eigenvalue weighted by Gasteiger charge is 2.18. The summed E-state index contributed by atoms with van der Waals surface area (Å²) >= 11 is 0. The predicted octanol–water partition coefficient (Wildman–Crippen LogP) is 3.11. The zero-order valence-electron chi connectivity index (χ0n) is 17.2. The first kappa shape index (κ1) is 24.2. The number of likely N-dealkylation sites (N-methyl/N-ethyl adjacent to an activating group) is 1. The van der Waals surface area contributed by atoms with Crippen LogP contribution in [-0.4, -0.2) is 56.7 Å². The molecule has 0 saturated carbocycles. The molecule has 2 rings (SSSR count). The third-order valence-corrected chi connectivity index (χ3v) is 4.29. The van der Waals surface area contributed by atoms with Crippen LogP contribution >= 0.6 is 24.0 Å².